The molecule has 3 aromatic carbocycles. The zero-order valence-corrected chi connectivity index (χ0v) is 15.8. The van der Waals surface area contributed by atoms with Crippen LogP contribution in [0.4, 0.5) is 0 Å². The summed E-state index contributed by atoms with van der Waals surface area (Å²) in [5.74, 6) is 2.57. The molecule has 1 heterocycles. The number of phenols is 1. The molecule has 1 N–H and O–H groups in total. The second-order valence-corrected chi connectivity index (χ2v) is 6.61. The minimum Gasteiger partial charge on any atom is -0.508 e. The molecule has 28 heavy (non-hydrogen) atoms. The molecule has 0 saturated heterocycles. The van der Waals surface area contributed by atoms with Crippen LogP contribution in [0.3, 0.4) is 0 Å². The van der Waals surface area contributed by atoms with Crippen LogP contribution < -0.4 is 9.47 Å². The summed E-state index contributed by atoms with van der Waals surface area (Å²) >= 11 is 0. The Morgan fingerprint density at radius 3 is 2.50 bits per heavy atom. The monoisotopic (exact) mass is 370 g/mol. The Kier molecular flexibility index (Phi) is 4.90. The molecule has 0 aliphatic carbocycles. The van der Waals surface area contributed by atoms with Gasteiger partial charge in [-0.25, -0.2) is 0 Å². The summed E-state index contributed by atoms with van der Waals surface area (Å²) in [5, 5.41) is 9.74. The van der Waals surface area contributed by atoms with Gasteiger partial charge in [0.25, 0.3) is 0 Å². The molecule has 0 bridgehead atoms. The van der Waals surface area contributed by atoms with E-state index in [1.165, 1.54) is 5.57 Å². The van der Waals surface area contributed by atoms with Gasteiger partial charge in [0.2, 0.25) is 0 Å². The van der Waals surface area contributed by atoms with Crippen molar-refractivity contribution < 1.29 is 14.6 Å². The summed E-state index contributed by atoms with van der Waals surface area (Å²) in [6.45, 7) is 6.30. The van der Waals surface area contributed by atoms with Crippen molar-refractivity contribution in [3.63, 3.8) is 0 Å². The van der Waals surface area contributed by atoms with Crippen LogP contribution in [0.2, 0.25) is 0 Å². The molecule has 4 rings (SSSR count). The van der Waals surface area contributed by atoms with Crippen molar-refractivity contribution >= 4 is 11.1 Å². The minimum atomic E-state index is 0.251. The highest BCUT2D eigenvalue weighted by molar-refractivity contribution is 6.02. The van der Waals surface area contributed by atoms with E-state index >= 15 is 0 Å². The number of ether oxygens (including phenoxy) is 2. The maximum absolute atomic E-state index is 9.74. The number of allylic oxidation sites excluding steroid dienone is 1. The quantitative estimate of drug-likeness (QED) is 0.526. The number of aromatic hydroxyl groups is 1. The number of phenolic OH excluding ortho intramolecular Hbond substituents is 1. The fourth-order valence-electron chi connectivity index (χ4n) is 3.58. The van der Waals surface area contributed by atoms with Crippen LogP contribution in [-0.4, -0.2) is 11.7 Å². The first-order valence-corrected chi connectivity index (χ1v) is 9.39. The minimum absolute atomic E-state index is 0.251. The second-order valence-electron chi connectivity index (χ2n) is 6.61. The molecule has 1 aliphatic rings. The third-order valence-electron chi connectivity index (χ3n) is 4.83. The van der Waals surface area contributed by atoms with Gasteiger partial charge < -0.3 is 14.6 Å². The van der Waals surface area contributed by atoms with E-state index < -0.39 is 0 Å². The van der Waals surface area contributed by atoms with Gasteiger partial charge in [0.1, 0.15) is 29.6 Å². The first-order chi connectivity index (χ1) is 13.7. The average molecular weight is 370 g/mol. The van der Waals surface area contributed by atoms with Crippen LogP contribution in [0.1, 0.15) is 30.0 Å². The maximum atomic E-state index is 9.74. The Balaban J connectivity index is 1.98. The van der Waals surface area contributed by atoms with Crippen molar-refractivity contribution in [3.05, 3.63) is 96.1 Å². The molecule has 0 unspecified atom stereocenters. The van der Waals surface area contributed by atoms with E-state index in [9.17, 15) is 5.11 Å². The summed E-state index contributed by atoms with van der Waals surface area (Å²) < 4.78 is 12.0. The summed E-state index contributed by atoms with van der Waals surface area (Å²) in [4.78, 5) is 0. The van der Waals surface area contributed by atoms with Gasteiger partial charge >= 0.3 is 0 Å². The largest absolute Gasteiger partial charge is 0.508 e. The predicted molar refractivity (Wildman–Crippen MR) is 113 cm³/mol. The predicted octanol–water partition coefficient (Wildman–Crippen LogP) is 6.43. The van der Waals surface area contributed by atoms with Gasteiger partial charge in [0.15, 0.2) is 0 Å². The first-order valence-electron chi connectivity index (χ1n) is 9.39. The Morgan fingerprint density at radius 2 is 1.75 bits per heavy atom. The van der Waals surface area contributed by atoms with Gasteiger partial charge in [-0.15, -0.1) is 0 Å². The molecule has 0 fully saturated rings. The summed E-state index contributed by atoms with van der Waals surface area (Å²) in [6.07, 6.45) is 2.57. The SMILES string of the molecule is C=CCOc1ccc2c(c1)Oc1ccccc1C(CC)=C2c1ccc(O)cc1. The van der Waals surface area contributed by atoms with Gasteiger partial charge in [0, 0.05) is 17.2 Å². The number of rotatable bonds is 5. The average Bonchev–Trinajstić information content (AvgIpc) is 2.86. The summed E-state index contributed by atoms with van der Waals surface area (Å²) in [7, 11) is 0. The lowest BCUT2D eigenvalue weighted by Gasteiger charge is -2.15. The molecule has 3 heteroatoms. The van der Waals surface area contributed by atoms with E-state index in [1.54, 1.807) is 18.2 Å². The highest BCUT2D eigenvalue weighted by atomic mass is 16.5. The molecule has 0 spiro atoms. The fourth-order valence-corrected chi connectivity index (χ4v) is 3.58. The second kappa shape index (κ2) is 7.65. The number of benzene rings is 3. The van der Waals surface area contributed by atoms with Crippen LogP contribution in [0.15, 0.2) is 79.4 Å². The highest BCUT2D eigenvalue weighted by Crippen LogP contribution is 2.47. The van der Waals surface area contributed by atoms with E-state index in [2.05, 4.69) is 19.6 Å². The van der Waals surface area contributed by atoms with Crippen LogP contribution in [0.25, 0.3) is 11.1 Å². The van der Waals surface area contributed by atoms with E-state index in [1.807, 2.05) is 48.5 Å². The molecule has 0 aromatic heterocycles. The van der Waals surface area contributed by atoms with Crippen LogP contribution in [0, 0.1) is 0 Å². The zero-order valence-electron chi connectivity index (χ0n) is 15.8. The van der Waals surface area contributed by atoms with Crippen LogP contribution in [-0.2, 0) is 0 Å². The number of hydrogen-bond acceptors (Lipinski definition) is 3. The molecule has 1 aliphatic heterocycles. The van der Waals surface area contributed by atoms with Gasteiger partial charge in [-0.05, 0) is 53.5 Å². The van der Waals surface area contributed by atoms with Crippen molar-refractivity contribution in [3.8, 4) is 23.0 Å². The van der Waals surface area contributed by atoms with Gasteiger partial charge in [-0.2, -0.15) is 0 Å². The summed E-state index contributed by atoms with van der Waals surface area (Å²) in [5.41, 5.74) is 5.44. The molecular weight excluding hydrogens is 348 g/mol. The standard InChI is InChI=1S/C25H22O3/c1-3-15-27-19-13-14-22-24(16-19)28-23-8-6-5-7-21(23)20(4-2)25(22)17-9-11-18(26)12-10-17/h3,5-14,16,26H,1,4,15H2,2H3. The molecule has 140 valence electrons. The normalized spacial score (nSPS) is 12.5. The van der Waals surface area contributed by atoms with Crippen molar-refractivity contribution in [2.75, 3.05) is 6.61 Å². The lowest BCUT2D eigenvalue weighted by Crippen LogP contribution is -1.96. The molecule has 0 saturated carbocycles. The molecule has 3 aromatic rings. The molecular formula is C25H22O3. The van der Waals surface area contributed by atoms with Crippen molar-refractivity contribution in [1.29, 1.82) is 0 Å². The Morgan fingerprint density at radius 1 is 0.964 bits per heavy atom. The van der Waals surface area contributed by atoms with Crippen molar-refractivity contribution in [1.82, 2.24) is 0 Å². The number of para-hydroxylation sites is 1. The van der Waals surface area contributed by atoms with E-state index in [4.69, 9.17) is 9.47 Å². The van der Waals surface area contributed by atoms with Gasteiger partial charge in [-0.1, -0.05) is 49.9 Å². The van der Waals surface area contributed by atoms with Crippen molar-refractivity contribution in [2.24, 2.45) is 0 Å². The number of fused-ring (bicyclic) bond motifs is 2. The van der Waals surface area contributed by atoms with Crippen LogP contribution in [0.5, 0.6) is 23.0 Å². The molecule has 0 amide bonds. The summed E-state index contributed by atoms with van der Waals surface area (Å²) in [6, 6.07) is 21.3. The van der Waals surface area contributed by atoms with Crippen molar-refractivity contribution in [2.45, 2.75) is 13.3 Å². The first kappa shape index (κ1) is 17.9. The topological polar surface area (TPSA) is 38.7 Å². The lowest BCUT2D eigenvalue weighted by atomic mass is 9.88. The molecule has 0 radical (unpaired) electrons. The maximum Gasteiger partial charge on any atom is 0.139 e. The number of hydrogen-bond donors (Lipinski definition) is 1. The smallest absolute Gasteiger partial charge is 0.139 e. The fraction of sp³-hybridized carbons (Fsp3) is 0.120. The van der Waals surface area contributed by atoms with Gasteiger partial charge in [0.05, 0.1) is 0 Å². The van der Waals surface area contributed by atoms with Gasteiger partial charge in [-0.3, -0.25) is 0 Å². The molecule has 0 atom stereocenters. The van der Waals surface area contributed by atoms with E-state index in [-0.39, 0.29) is 5.75 Å². The third-order valence-corrected chi connectivity index (χ3v) is 4.83. The third kappa shape index (κ3) is 3.27. The Labute approximate surface area is 165 Å². The van der Waals surface area contributed by atoms with E-state index in [0.717, 1.165) is 45.9 Å². The van der Waals surface area contributed by atoms with Crippen LogP contribution >= 0.6 is 0 Å². The Bertz CT molecular complexity index is 1050. The van der Waals surface area contributed by atoms with E-state index in [0.29, 0.717) is 6.61 Å². The Hall–Kier alpha value is -3.46. The lowest BCUT2D eigenvalue weighted by molar-refractivity contribution is 0.360. The highest BCUT2D eigenvalue weighted by Gasteiger charge is 2.23. The molecule has 3 nitrogen and oxygen atoms in total. The zero-order chi connectivity index (χ0) is 19.5.